The first-order valence-electron chi connectivity index (χ1n) is 7.08. The van der Waals surface area contributed by atoms with Crippen LogP contribution < -0.4 is 10.1 Å². The number of amides is 1. The van der Waals surface area contributed by atoms with Gasteiger partial charge in [-0.25, -0.2) is 4.79 Å². The quantitative estimate of drug-likeness (QED) is 0.767. The fourth-order valence-electron chi connectivity index (χ4n) is 1.91. The summed E-state index contributed by atoms with van der Waals surface area (Å²) in [4.78, 5) is 22.9. The molecule has 0 spiro atoms. The standard InChI is InChI=1S/C15H18F3NO4/c1-2-3-4-12(14(21)22)19-13(20)9-10-5-7-11(8-6-10)23-15(16,17)18/h5-8,12H,2-4,9H2,1H3,(H,19,20)(H,21,22). The van der Waals surface area contributed by atoms with Gasteiger partial charge in [-0.3, -0.25) is 4.79 Å². The molecule has 1 aromatic carbocycles. The summed E-state index contributed by atoms with van der Waals surface area (Å²) in [7, 11) is 0. The maximum absolute atomic E-state index is 12.0. The van der Waals surface area contributed by atoms with Crippen LogP contribution in [0.5, 0.6) is 5.75 Å². The Labute approximate surface area is 131 Å². The van der Waals surface area contributed by atoms with Gasteiger partial charge in [0.05, 0.1) is 6.42 Å². The van der Waals surface area contributed by atoms with E-state index in [0.29, 0.717) is 18.4 Å². The number of aliphatic carboxylic acids is 1. The zero-order valence-electron chi connectivity index (χ0n) is 12.5. The van der Waals surface area contributed by atoms with E-state index in [4.69, 9.17) is 5.11 Å². The first kappa shape index (κ1) is 18.8. The van der Waals surface area contributed by atoms with Gasteiger partial charge >= 0.3 is 12.3 Å². The molecule has 1 atom stereocenters. The Hall–Kier alpha value is -2.25. The Balaban J connectivity index is 2.57. The lowest BCUT2D eigenvalue weighted by Gasteiger charge is -2.14. The van der Waals surface area contributed by atoms with Crippen LogP contribution in [0.2, 0.25) is 0 Å². The SMILES string of the molecule is CCCCC(NC(=O)Cc1ccc(OC(F)(F)F)cc1)C(=O)O. The first-order valence-corrected chi connectivity index (χ1v) is 7.08. The van der Waals surface area contributed by atoms with Crippen molar-refractivity contribution in [1.82, 2.24) is 5.32 Å². The largest absolute Gasteiger partial charge is 0.573 e. The molecule has 0 radical (unpaired) electrons. The van der Waals surface area contributed by atoms with E-state index in [0.717, 1.165) is 18.6 Å². The number of unbranched alkanes of at least 4 members (excludes halogenated alkanes) is 1. The van der Waals surface area contributed by atoms with Crippen molar-refractivity contribution in [2.45, 2.75) is 45.0 Å². The predicted octanol–water partition coefficient (Wildman–Crippen LogP) is 2.89. The highest BCUT2D eigenvalue weighted by Crippen LogP contribution is 2.22. The molecule has 1 amide bonds. The lowest BCUT2D eigenvalue weighted by atomic mass is 10.1. The van der Waals surface area contributed by atoms with Crippen LogP contribution in [0, 0.1) is 0 Å². The summed E-state index contributed by atoms with van der Waals surface area (Å²) in [6, 6.07) is 3.88. The third-order valence-corrected chi connectivity index (χ3v) is 3.00. The Bertz CT molecular complexity index is 529. The number of nitrogens with one attached hydrogen (secondary N) is 1. The monoisotopic (exact) mass is 333 g/mol. The number of carboxylic acids is 1. The molecule has 2 N–H and O–H groups in total. The highest BCUT2D eigenvalue weighted by atomic mass is 19.4. The van der Waals surface area contributed by atoms with Gasteiger partial charge in [-0.2, -0.15) is 0 Å². The molecule has 23 heavy (non-hydrogen) atoms. The summed E-state index contributed by atoms with van der Waals surface area (Å²) >= 11 is 0. The highest BCUT2D eigenvalue weighted by molar-refractivity contribution is 5.84. The maximum atomic E-state index is 12.0. The van der Waals surface area contributed by atoms with Crippen molar-refractivity contribution in [1.29, 1.82) is 0 Å². The summed E-state index contributed by atoms with van der Waals surface area (Å²) in [5.74, 6) is -1.99. The smallest absolute Gasteiger partial charge is 0.480 e. The van der Waals surface area contributed by atoms with E-state index in [-0.39, 0.29) is 12.2 Å². The van der Waals surface area contributed by atoms with Crippen molar-refractivity contribution >= 4 is 11.9 Å². The van der Waals surface area contributed by atoms with Crippen molar-refractivity contribution in [3.63, 3.8) is 0 Å². The molecule has 0 aliphatic carbocycles. The van der Waals surface area contributed by atoms with Crippen molar-refractivity contribution in [3.05, 3.63) is 29.8 Å². The van der Waals surface area contributed by atoms with Crippen LogP contribution in [-0.2, 0) is 16.0 Å². The Morgan fingerprint density at radius 3 is 2.35 bits per heavy atom. The zero-order chi connectivity index (χ0) is 17.5. The fourth-order valence-corrected chi connectivity index (χ4v) is 1.91. The normalized spacial score (nSPS) is 12.5. The molecular formula is C15H18F3NO4. The van der Waals surface area contributed by atoms with Crippen molar-refractivity contribution in [3.8, 4) is 5.75 Å². The number of carbonyl (C=O) groups excluding carboxylic acids is 1. The topological polar surface area (TPSA) is 75.6 Å². The molecule has 5 nitrogen and oxygen atoms in total. The molecule has 128 valence electrons. The van der Waals surface area contributed by atoms with Gasteiger partial charge < -0.3 is 15.2 Å². The van der Waals surface area contributed by atoms with Gasteiger partial charge in [-0.05, 0) is 24.1 Å². The van der Waals surface area contributed by atoms with Crippen molar-refractivity contribution < 1.29 is 32.6 Å². The van der Waals surface area contributed by atoms with E-state index in [1.165, 1.54) is 12.1 Å². The number of benzene rings is 1. The Morgan fingerprint density at radius 1 is 1.26 bits per heavy atom. The molecule has 0 saturated carbocycles. The van der Waals surface area contributed by atoms with E-state index >= 15 is 0 Å². The Kier molecular flexibility index (Phi) is 6.87. The Morgan fingerprint density at radius 2 is 1.87 bits per heavy atom. The van der Waals surface area contributed by atoms with Crippen LogP contribution in [0.1, 0.15) is 31.7 Å². The zero-order valence-corrected chi connectivity index (χ0v) is 12.5. The summed E-state index contributed by atoms with van der Waals surface area (Å²) in [5.41, 5.74) is 0.455. The van der Waals surface area contributed by atoms with Crippen LogP contribution in [-0.4, -0.2) is 29.4 Å². The van der Waals surface area contributed by atoms with Gasteiger partial charge in [0.15, 0.2) is 0 Å². The third kappa shape index (κ3) is 7.53. The molecule has 0 heterocycles. The van der Waals surface area contributed by atoms with Crippen LogP contribution in [0.3, 0.4) is 0 Å². The molecule has 0 fully saturated rings. The van der Waals surface area contributed by atoms with Gasteiger partial charge in [0.2, 0.25) is 5.91 Å². The molecule has 0 aliphatic rings. The summed E-state index contributed by atoms with van der Waals surface area (Å²) < 4.78 is 39.8. The average Bonchev–Trinajstić information content (AvgIpc) is 2.43. The second kappa shape index (κ2) is 8.40. The van der Waals surface area contributed by atoms with Crippen LogP contribution >= 0.6 is 0 Å². The molecule has 8 heteroatoms. The lowest BCUT2D eigenvalue weighted by Crippen LogP contribution is -2.41. The van der Waals surface area contributed by atoms with E-state index in [1.54, 1.807) is 0 Å². The summed E-state index contributed by atoms with van der Waals surface area (Å²) in [6.07, 6.45) is -3.09. The molecule has 1 rings (SSSR count). The first-order chi connectivity index (χ1) is 10.7. The summed E-state index contributed by atoms with van der Waals surface area (Å²) in [5, 5.41) is 11.4. The highest BCUT2D eigenvalue weighted by Gasteiger charge is 2.31. The number of rotatable bonds is 8. The second-order valence-electron chi connectivity index (χ2n) is 4.97. The van der Waals surface area contributed by atoms with Gasteiger partial charge in [0.1, 0.15) is 11.8 Å². The van der Waals surface area contributed by atoms with E-state index in [2.05, 4.69) is 10.1 Å². The van der Waals surface area contributed by atoms with Gasteiger partial charge in [0, 0.05) is 0 Å². The average molecular weight is 333 g/mol. The third-order valence-electron chi connectivity index (χ3n) is 3.00. The fraction of sp³-hybridized carbons (Fsp3) is 0.467. The number of carbonyl (C=O) groups is 2. The van der Waals surface area contributed by atoms with Gasteiger partial charge in [0.25, 0.3) is 0 Å². The van der Waals surface area contributed by atoms with E-state index < -0.39 is 24.3 Å². The van der Waals surface area contributed by atoms with Gasteiger partial charge in [-0.15, -0.1) is 13.2 Å². The number of alkyl halides is 3. The second-order valence-corrected chi connectivity index (χ2v) is 4.97. The van der Waals surface area contributed by atoms with Crippen molar-refractivity contribution in [2.75, 3.05) is 0 Å². The molecule has 1 aromatic rings. The minimum atomic E-state index is -4.77. The number of hydrogen-bond acceptors (Lipinski definition) is 3. The molecule has 0 saturated heterocycles. The summed E-state index contributed by atoms with van der Waals surface area (Å²) in [6.45, 7) is 1.91. The number of hydrogen-bond donors (Lipinski definition) is 2. The predicted molar refractivity (Wildman–Crippen MR) is 75.9 cm³/mol. The molecule has 0 aromatic heterocycles. The minimum absolute atomic E-state index is 0.123. The van der Waals surface area contributed by atoms with Crippen LogP contribution in [0.15, 0.2) is 24.3 Å². The maximum Gasteiger partial charge on any atom is 0.573 e. The number of carboxylic acid groups (broad SMARTS) is 1. The molecule has 0 bridgehead atoms. The van der Waals surface area contributed by atoms with E-state index in [1.807, 2.05) is 6.92 Å². The van der Waals surface area contributed by atoms with Crippen LogP contribution in [0.25, 0.3) is 0 Å². The van der Waals surface area contributed by atoms with Crippen LogP contribution in [0.4, 0.5) is 13.2 Å². The number of halogens is 3. The number of ether oxygens (including phenoxy) is 1. The van der Waals surface area contributed by atoms with Gasteiger partial charge in [-0.1, -0.05) is 31.9 Å². The lowest BCUT2D eigenvalue weighted by molar-refractivity contribution is -0.274. The molecule has 0 aliphatic heterocycles. The minimum Gasteiger partial charge on any atom is -0.480 e. The molecular weight excluding hydrogens is 315 g/mol. The molecule has 1 unspecified atom stereocenters. The van der Waals surface area contributed by atoms with Crippen molar-refractivity contribution in [2.24, 2.45) is 0 Å². The van der Waals surface area contributed by atoms with E-state index in [9.17, 15) is 22.8 Å².